The maximum absolute atomic E-state index is 11.1. The van der Waals surface area contributed by atoms with Crippen LogP contribution in [0.3, 0.4) is 0 Å². The number of hydrogen-bond acceptors (Lipinski definition) is 6. The van der Waals surface area contributed by atoms with Gasteiger partial charge in [-0.2, -0.15) is 5.26 Å². The molecule has 8 nitrogen and oxygen atoms in total. The lowest BCUT2D eigenvalue weighted by Crippen LogP contribution is -2.09. The molecule has 0 saturated heterocycles. The van der Waals surface area contributed by atoms with E-state index >= 15 is 0 Å². The number of rotatable bonds is 17. The summed E-state index contributed by atoms with van der Waals surface area (Å²) in [6.45, 7) is 2.04. The van der Waals surface area contributed by atoms with Gasteiger partial charge in [0.05, 0.1) is 39.4 Å². The van der Waals surface area contributed by atoms with Crippen molar-refractivity contribution in [3.8, 4) is 51.0 Å². The van der Waals surface area contributed by atoms with Crippen molar-refractivity contribution in [3.05, 3.63) is 406 Å². The summed E-state index contributed by atoms with van der Waals surface area (Å²) < 4.78 is 4.77. The molecule has 0 aliphatic carbocycles. The lowest BCUT2D eigenvalue weighted by atomic mass is 9.87. The monoisotopic (exact) mass is 1340 g/mol. The number of nitriles is 1. The minimum absolute atomic E-state index is 0.549. The van der Waals surface area contributed by atoms with E-state index in [2.05, 4.69) is 411 Å². The van der Waals surface area contributed by atoms with Gasteiger partial charge in [0.1, 0.15) is 0 Å². The standard InChI is InChI=1S/C97H68N8/c1-68-27-26-44-92(99-68)97-86(70-45-49-80(50-46-70)104-93-57-53-82(100(72-28-10-2-11-29-72)73-30-12-3-13-31-73)63-88(93)89-64-83(54-58-94(89)104)101(74-32-14-4-15-33-74)75-34-16-5-17-35-75)61-69(67-98)62-87(97)71-47-51-81(52-48-71)105-95-59-55-84(102(76-36-18-6-19-37-76)77-38-20-7-21-39-77)65-90(95)91-66-85(56-60-96(91)105)103(78-40-22-8-23-41-78)79-42-24-9-25-43-79/h2-66H,1H3. The van der Waals surface area contributed by atoms with E-state index < -0.39 is 0 Å². The van der Waals surface area contributed by atoms with Gasteiger partial charge < -0.3 is 28.7 Å². The van der Waals surface area contributed by atoms with Crippen molar-refractivity contribution in [2.24, 2.45) is 0 Å². The van der Waals surface area contributed by atoms with Gasteiger partial charge in [0, 0.05) is 112 Å². The second-order valence-electron chi connectivity index (χ2n) is 26.3. The van der Waals surface area contributed by atoms with Crippen LogP contribution in [0.5, 0.6) is 0 Å². The molecular weight excluding hydrogens is 1280 g/mol. The first-order valence-corrected chi connectivity index (χ1v) is 35.5. The molecule has 0 saturated carbocycles. The molecule has 15 aromatic carbocycles. The summed E-state index contributed by atoms with van der Waals surface area (Å²) >= 11 is 0. The van der Waals surface area contributed by atoms with E-state index in [1.807, 2.05) is 25.1 Å². The van der Waals surface area contributed by atoms with Crippen molar-refractivity contribution >= 4 is 112 Å². The molecule has 0 aliphatic heterocycles. The van der Waals surface area contributed by atoms with Gasteiger partial charge >= 0.3 is 0 Å². The maximum Gasteiger partial charge on any atom is 0.0992 e. The van der Waals surface area contributed by atoms with E-state index in [1.165, 1.54) is 0 Å². The molecule has 18 rings (SSSR count). The topological polar surface area (TPSA) is 59.5 Å². The van der Waals surface area contributed by atoms with Crippen molar-refractivity contribution in [2.75, 3.05) is 19.6 Å². The molecule has 0 radical (unpaired) electrons. The first-order chi connectivity index (χ1) is 52.0. The van der Waals surface area contributed by atoms with Crippen LogP contribution >= 0.6 is 0 Å². The fraction of sp³-hybridized carbons (Fsp3) is 0.0103. The third-order valence-corrected chi connectivity index (χ3v) is 19.9. The van der Waals surface area contributed by atoms with Crippen LogP contribution in [0, 0.1) is 18.3 Å². The van der Waals surface area contributed by atoms with Crippen LogP contribution in [0.4, 0.5) is 68.2 Å². The number of fused-ring (bicyclic) bond motifs is 6. The highest BCUT2D eigenvalue weighted by molar-refractivity contribution is 6.14. The molecule has 0 spiro atoms. The van der Waals surface area contributed by atoms with Crippen LogP contribution in [0.1, 0.15) is 11.3 Å². The molecule has 8 heteroatoms. The molecular formula is C97H68N8. The quantitative estimate of drug-likeness (QED) is 0.0905. The molecule has 0 amide bonds. The van der Waals surface area contributed by atoms with Gasteiger partial charge in [-0.1, -0.05) is 176 Å². The highest BCUT2D eigenvalue weighted by Crippen LogP contribution is 2.48. The van der Waals surface area contributed by atoms with Crippen LogP contribution in [-0.2, 0) is 0 Å². The third kappa shape index (κ3) is 11.8. The lowest BCUT2D eigenvalue weighted by Gasteiger charge is -2.26. The Morgan fingerprint density at radius 2 is 0.514 bits per heavy atom. The average Bonchev–Trinajstić information content (AvgIpc) is 1.60. The number of hydrogen-bond donors (Lipinski definition) is 0. The summed E-state index contributed by atoms with van der Waals surface area (Å²) in [6, 6.07) is 143. The Balaban J connectivity index is 0.774. The largest absolute Gasteiger partial charge is 0.310 e. The first-order valence-electron chi connectivity index (χ1n) is 35.5. The Bertz CT molecular complexity index is 5410. The fourth-order valence-electron chi connectivity index (χ4n) is 15.2. The molecule has 3 aromatic heterocycles. The molecule has 0 unspecified atom stereocenters. The van der Waals surface area contributed by atoms with Gasteiger partial charge in [0.15, 0.2) is 0 Å². The summed E-state index contributed by atoms with van der Waals surface area (Å²) in [5, 5.41) is 15.5. The Labute approximate surface area is 610 Å². The maximum atomic E-state index is 11.1. The predicted molar refractivity (Wildman–Crippen MR) is 437 cm³/mol. The van der Waals surface area contributed by atoms with Crippen LogP contribution in [0.25, 0.3) is 88.5 Å². The van der Waals surface area contributed by atoms with E-state index in [1.54, 1.807) is 0 Å². The van der Waals surface area contributed by atoms with Gasteiger partial charge in [-0.3, -0.25) is 4.98 Å². The third-order valence-electron chi connectivity index (χ3n) is 19.9. The fourth-order valence-corrected chi connectivity index (χ4v) is 15.2. The van der Waals surface area contributed by atoms with E-state index in [-0.39, 0.29) is 0 Å². The number of benzene rings is 15. The first kappa shape index (κ1) is 63.0. The second-order valence-corrected chi connectivity index (χ2v) is 26.3. The smallest absolute Gasteiger partial charge is 0.0992 e. The van der Waals surface area contributed by atoms with Gasteiger partial charge in [0.2, 0.25) is 0 Å². The predicted octanol–water partition coefficient (Wildman–Crippen LogP) is 26.3. The molecule has 3 heterocycles. The number of aromatic nitrogens is 3. The molecule has 105 heavy (non-hydrogen) atoms. The number of anilines is 12. The molecule has 0 aliphatic rings. The van der Waals surface area contributed by atoms with Crippen LogP contribution in [0.15, 0.2) is 394 Å². The molecule has 18 aromatic rings. The van der Waals surface area contributed by atoms with Crippen LogP contribution < -0.4 is 19.6 Å². The Morgan fingerprint density at radius 3 is 0.752 bits per heavy atom. The van der Waals surface area contributed by atoms with Crippen molar-refractivity contribution in [1.29, 1.82) is 5.26 Å². The van der Waals surface area contributed by atoms with Gasteiger partial charge in [0.25, 0.3) is 0 Å². The van der Waals surface area contributed by atoms with E-state index in [9.17, 15) is 5.26 Å². The van der Waals surface area contributed by atoms with E-state index in [4.69, 9.17) is 4.98 Å². The van der Waals surface area contributed by atoms with Crippen molar-refractivity contribution < 1.29 is 0 Å². The molecule has 0 atom stereocenters. The number of aryl methyl sites for hydroxylation is 1. The average molecular weight is 1350 g/mol. The Hall–Kier alpha value is -14.3. The van der Waals surface area contributed by atoms with E-state index in [0.717, 1.165) is 162 Å². The van der Waals surface area contributed by atoms with E-state index in [0.29, 0.717) is 5.56 Å². The zero-order valence-electron chi connectivity index (χ0n) is 57.6. The molecule has 0 bridgehead atoms. The highest BCUT2D eigenvalue weighted by Gasteiger charge is 2.25. The zero-order chi connectivity index (χ0) is 70.2. The SMILES string of the molecule is Cc1cccc(-c2c(-c3ccc(-n4c5ccc(N(c6ccccc6)c6ccccc6)cc5c5cc(N(c6ccccc6)c6ccccc6)ccc54)cc3)cc(C#N)cc2-c2ccc(-n3c4ccc(N(c5ccccc5)c5ccccc5)cc4c4cc(N(c5ccccc5)c5ccccc5)ccc43)cc2)n1. The number of nitrogens with zero attached hydrogens (tertiary/aromatic N) is 8. The van der Waals surface area contributed by atoms with Crippen LogP contribution in [-0.4, -0.2) is 14.1 Å². The minimum atomic E-state index is 0.549. The van der Waals surface area contributed by atoms with Gasteiger partial charge in [-0.25, -0.2) is 0 Å². The number of para-hydroxylation sites is 8. The van der Waals surface area contributed by atoms with Crippen molar-refractivity contribution in [1.82, 2.24) is 14.1 Å². The second kappa shape index (κ2) is 27.4. The summed E-state index contributed by atoms with van der Waals surface area (Å²) in [5.74, 6) is 0. The number of pyridine rings is 1. The van der Waals surface area contributed by atoms with Gasteiger partial charge in [-0.05, 0) is 248 Å². The molecule has 496 valence electrons. The van der Waals surface area contributed by atoms with Gasteiger partial charge in [-0.15, -0.1) is 0 Å². The lowest BCUT2D eigenvalue weighted by molar-refractivity contribution is 1.18. The highest BCUT2D eigenvalue weighted by atomic mass is 15.2. The summed E-state index contributed by atoms with van der Waals surface area (Å²) in [4.78, 5) is 14.6. The molecule has 0 N–H and O–H groups in total. The summed E-state index contributed by atoms with van der Waals surface area (Å²) in [7, 11) is 0. The van der Waals surface area contributed by atoms with Crippen molar-refractivity contribution in [3.63, 3.8) is 0 Å². The summed E-state index contributed by atoms with van der Waals surface area (Å²) in [5.41, 5.74) is 25.9. The minimum Gasteiger partial charge on any atom is -0.310 e. The van der Waals surface area contributed by atoms with Crippen LogP contribution in [0.2, 0.25) is 0 Å². The normalized spacial score (nSPS) is 11.3. The Kier molecular flexibility index (Phi) is 16.4. The Morgan fingerprint density at radius 1 is 0.257 bits per heavy atom. The van der Waals surface area contributed by atoms with Crippen molar-refractivity contribution in [2.45, 2.75) is 6.92 Å². The molecule has 0 fully saturated rings. The summed E-state index contributed by atoms with van der Waals surface area (Å²) in [6.07, 6.45) is 0. The zero-order valence-corrected chi connectivity index (χ0v) is 57.6.